The molecule has 0 saturated carbocycles. The molecule has 146 valence electrons. The highest BCUT2D eigenvalue weighted by molar-refractivity contribution is 6.06. The summed E-state index contributed by atoms with van der Waals surface area (Å²) in [4.78, 5) is 27.1. The van der Waals surface area contributed by atoms with E-state index in [1.165, 1.54) is 5.56 Å². The van der Waals surface area contributed by atoms with Crippen LogP contribution in [0.15, 0.2) is 53.7 Å². The smallest absolute Gasteiger partial charge is 0.319 e. The van der Waals surface area contributed by atoms with Crippen molar-refractivity contribution in [3.05, 3.63) is 70.4 Å². The Bertz CT molecular complexity index is 946. The fraction of sp³-hybridized carbons (Fsp3) is 0.273. The third-order valence-electron chi connectivity index (χ3n) is 5.02. The number of nitrogens with one attached hydrogen (secondary N) is 3. The standard InChI is InChI=1S/C22H26N4O2/c1-13-6-9-17(12-14(13)2)24-21(27)19-15(3)23-22(28)25-20(19)16-7-10-18(11-8-16)26(4)5/h6-12,20H,1-5H3,(H,24,27)(H2,23,25,28). The van der Waals surface area contributed by atoms with Crippen molar-refractivity contribution in [2.75, 3.05) is 24.3 Å². The maximum atomic E-state index is 13.1. The van der Waals surface area contributed by atoms with Crippen molar-refractivity contribution in [3.63, 3.8) is 0 Å². The quantitative estimate of drug-likeness (QED) is 0.761. The Morgan fingerprint density at radius 2 is 1.68 bits per heavy atom. The van der Waals surface area contributed by atoms with Crippen LogP contribution in [0.4, 0.5) is 16.2 Å². The molecule has 0 radical (unpaired) electrons. The van der Waals surface area contributed by atoms with Crippen LogP contribution in [0.25, 0.3) is 0 Å². The van der Waals surface area contributed by atoms with E-state index < -0.39 is 6.04 Å². The minimum absolute atomic E-state index is 0.241. The molecule has 0 saturated heterocycles. The molecule has 0 fully saturated rings. The van der Waals surface area contributed by atoms with Crippen LogP contribution >= 0.6 is 0 Å². The van der Waals surface area contributed by atoms with Crippen LogP contribution in [0.2, 0.25) is 0 Å². The summed E-state index contributed by atoms with van der Waals surface area (Å²) in [5.74, 6) is -0.241. The number of aryl methyl sites for hydroxylation is 2. The molecule has 0 spiro atoms. The highest BCUT2D eigenvalue weighted by Crippen LogP contribution is 2.29. The Kier molecular flexibility index (Phi) is 5.40. The lowest BCUT2D eigenvalue weighted by atomic mass is 9.94. The SMILES string of the molecule is CC1=C(C(=O)Nc2ccc(C)c(C)c2)C(c2ccc(N(C)C)cc2)NC(=O)N1. The molecule has 2 aromatic rings. The molecule has 0 aliphatic carbocycles. The monoisotopic (exact) mass is 378 g/mol. The number of urea groups is 1. The molecule has 1 aliphatic heterocycles. The first-order chi connectivity index (χ1) is 13.3. The van der Waals surface area contributed by atoms with Crippen LogP contribution in [0.5, 0.6) is 0 Å². The second kappa shape index (κ2) is 7.76. The Morgan fingerprint density at radius 1 is 1.00 bits per heavy atom. The molecular weight excluding hydrogens is 352 g/mol. The van der Waals surface area contributed by atoms with Gasteiger partial charge < -0.3 is 20.9 Å². The first-order valence-corrected chi connectivity index (χ1v) is 9.20. The topological polar surface area (TPSA) is 73.5 Å². The van der Waals surface area contributed by atoms with Crippen molar-refractivity contribution in [1.29, 1.82) is 0 Å². The fourth-order valence-electron chi connectivity index (χ4n) is 3.23. The molecule has 2 aromatic carbocycles. The molecule has 0 bridgehead atoms. The van der Waals surface area contributed by atoms with E-state index in [0.29, 0.717) is 11.3 Å². The summed E-state index contributed by atoms with van der Waals surface area (Å²) in [6.07, 6.45) is 0. The molecule has 28 heavy (non-hydrogen) atoms. The maximum Gasteiger partial charge on any atom is 0.319 e. The number of rotatable bonds is 4. The number of amides is 3. The van der Waals surface area contributed by atoms with Gasteiger partial charge in [-0.05, 0) is 61.7 Å². The second-order valence-corrected chi connectivity index (χ2v) is 7.31. The van der Waals surface area contributed by atoms with Gasteiger partial charge in [0, 0.05) is 31.2 Å². The Balaban J connectivity index is 1.92. The third kappa shape index (κ3) is 4.01. The minimum atomic E-state index is -0.517. The lowest BCUT2D eigenvalue weighted by Gasteiger charge is -2.29. The summed E-state index contributed by atoms with van der Waals surface area (Å²) >= 11 is 0. The summed E-state index contributed by atoms with van der Waals surface area (Å²) in [5.41, 5.74) is 5.94. The van der Waals surface area contributed by atoms with Gasteiger partial charge in [-0.2, -0.15) is 0 Å². The summed E-state index contributed by atoms with van der Waals surface area (Å²) < 4.78 is 0. The van der Waals surface area contributed by atoms with Crippen molar-refractivity contribution in [2.24, 2.45) is 0 Å². The van der Waals surface area contributed by atoms with Gasteiger partial charge in [-0.15, -0.1) is 0 Å². The summed E-state index contributed by atoms with van der Waals surface area (Å²) in [6.45, 7) is 5.78. The highest BCUT2D eigenvalue weighted by atomic mass is 16.2. The van der Waals surface area contributed by atoms with E-state index >= 15 is 0 Å². The number of allylic oxidation sites excluding steroid dienone is 1. The number of nitrogens with zero attached hydrogens (tertiary/aromatic N) is 1. The normalized spacial score (nSPS) is 16.3. The van der Waals surface area contributed by atoms with E-state index in [9.17, 15) is 9.59 Å². The average Bonchev–Trinajstić information content (AvgIpc) is 2.64. The van der Waals surface area contributed by atoms with Gasteiger partial charge in [0.15, 0.2) is 0 Å². The largest absolute Gasteiger partial charge is 0.378 e. The van der Waals surface area contributed by atoms with Crippen LogP contribution in [0.3, 0.4) is 0 Å². The molecule has 1 atom stereocenters. The Hall–Kier alpha value is -3.28. The zero-order chi connectivity index (χ0) is 20.4. The van der Waals surface area contributed by atoms with Gasteiger partial charge in [-0.3, -0.25) is 4.79 Å². The lowest BCUT2D eigenvalue weighted by Crippen LogP contribution is -2.45. The molecule has 1 heterocycles. The van der Waals surface area contributed by atoms with Crippen molar-refractivity contribution < 1.29 is 9.59 Å². The van der Waals surface area contributed by atoms with Gasteiger partial charge in [0.05, 0.1) is 11.6 Å². The number of anilines is 2. The van der Waals surface area contributed by atoms with Gasteiger partial charge in [0.25, 0.3) is 5.91 Å². The van der Waals surface area contributed by atoms with Gasteiger partial charge in [-0.1, -0.05) is 18.2 Å². The fourth-order valence-corrected chi connectivity index (χ4v) is 3.23. The number of hydrogen-bond donors (Lipinski definition) is 3. The number of hydrogen-bond acceptors (Lipinski definition) is 3. The summed E-state index contributed by atoms with van der Waals surface area (Å²) in [6, 6.07) is 12.8. The van der Waals surface area contributed by atoms with Gasteiger partial charge in [-0.25, -0.2) is 4.79 Å². The van der Waals surface area contributed by atoms with Crippen LogP contribution in [-0.2, 0) is 4.79 Å². The highest BCUT2D eigenvalue weighted by Gasteiger charge is 2.31. The van der Waals surface area contributed by atoms with E-state index in [2.05, 4.69) is 16.0 Å². The average molecular weight is 378 g/mol. The van der Waals surface area contributed by atoms with Crippen molar-refractivity contribution in [1.82, 2.24) is 10.6 Å². The van der Waals surface area contributed by atoms with E-state index in [1.54, 1.807) is 6.92 Å². The maximum absolute atomic E-state index is 13.1. The molecule has 3 N–H and O–H groups in total. The van der Waals surface area contributed by atoms with E-state index in [4.69, 9.17) is 0 Å². The molecule has 1 unspecified atom stereocenters. The van der Waals surface area contributed by atoms with Crippen LogP contribution in [-0.4, -0.2) is 26.0 Å². The van der Waals surface area contributed by atoms with Gasteiger partial charge >= 0.3 is 6.03 Å². The summed E-state index contributed by atoms with van der Waals surface area (Å²) in [7, 11) is 3.93. The van der Waals surface area contributed by atoms with Crippen LogP contribution in [0, 0.1) is 13.8 Å². The molecule has 0 aromatic heterocycles. The Morgan fingerprint density at radius 3 is 2.29 bits per heavy atom. The zero-order valence-electron chi connectivity index (χ0n) is 16.9. The molecular formula is C22H26N4O2. The second-order valence-electron chi connectivity index (χ2n) is 7.31. The zero-order valence-corrected chi connectivity index (χ0v) is 16.9. The van der Waals surface area contributed by atoms with E-state index in [-0.39, 0.29) is 11.9 Å². The number of carbonyl (C=O) groups is 2. The van der Waals surface area contributed by atoms with Crippen LogP contribution in [0.1, 0.15) is 29.7 Å². The van der Waals surface area contributed by atoms with Crippen molar-refractivity contribution in [3.8, 4) is 0 Å². The number of carbonyl (C=O) groups excluding carboxylic acids is 2. The number of benzene rings is 2. The molecule has 6 heteroatoms. The Labute approximate surface area is 165 Å². The molecule has 3 rings (SSSR count). The molecule has 3 amide bonds. The molecule has 1 aliphatic rings. The van der Waals surface area contributed by atoms with Gasteiger partial charge in [0.2, 0.25) is 0 Å². The third-order valence-corrected chi connectivity index (χ3v) is 5.02. The summed E-state index contributed by atoms with van der Waals surface area (Å²) in [5, 5.41) is 8.53. The predicted octanol–water partition coefficient (Wildman–Crippen LogP) is 3.64. The van der Waals surface area contributed by atoms with Crippen LogP contribution < -0.4 is 20.9 Å². The van der Waals surface area contributed by atoms with E-state index in [0.717, 1.165) is 22.5 Å². The van der Waals surface area contributed by atoms with Crippen molar-refractivity contribution in [2.45, 2.75) is 26.8 Å². The van der Waals surface area contributed by atoms with E-state index in [1.807, 2.05) is 75.3 Å². The minimum Gasteiger partial charge on any atom is -0.378 e. The van der Waals surface area contributed by atoms with Crippen molar-refractivity contribution >= 4 is 23.3 Å². The van der Waals surface area contributed by atoms with Gasteiger partial charge in [0.1, 0.15) is 0 Å². The first kappa shape index (κ1) is 19.5. The predicted molar refractivity (Wildman–Crippen MR) is 112 cm³/mol. The first-order valence-electron chi connectivity index (χ1n) is 9.20. The molecule has 6 nitrogen and oxygen atoms in total. The lowest BCUT2D eigenvalue weighted by molar-refractivity contribution is -0.113.